The van der Waals surface area contributed by atoms with E-state index in [1.807, 2.05) is 51.8 Å². The summed E-state index contributed by atoms with van der Waals surface area (Å²) in [4.78, 5) is 4.12. The monoisotopic (exact) mass is 205 g/mol. The minimum Gasteiger partial charge on any atom is -1.00 e. The van der Waals surface area contributed by atoms with Crippen molar-refractivity contribution in [2.45, 2.75) is 0 Å². The molecule has 0 heterocycles. The van der Waals surface area contributed by atoms with Crippen LogP contribution in [0.1, 0.15) is 0 Å². The summed E-state index contributed by atoms with van der Waals surface area (Å²) in [5, 5.41) is 0. The number of halogens is 1. The highest BCUT2D eigenvalue weighted by atomic mass is 35.5. The van der Waals surface area contributed by atoms with Gasteiger partial charge in [-0.15, -0.1) is 0 Å². The van der Waals surface area contributed by atoms with Crippen LogP contribution in [0.4, 0.5) is 0 Å². The molecule has 0 aliphatic carbocycles. The Morgan fingerprint density at radius 3 is 1.77 bits per heavy atom. The third-order valence-electron chi connectivity index (χ3n) is 1.30. The van der Waals surface area contributed by atoms with E-state index in [2.05, 4.69) is 17.3 Å². The average molecular weight is 206 g/mol. The number of hydrogen-bond acceptors (Lipinski definition) is 2. The molecule has 0 N–H and O–H groups in total. The summed E-state index contributed by atoms with van der Waals surface area (Å²) < 4.78 is 2.04. The summed E-state index contributed by atoms with van der Waals surface area (Å²) in [7, 11) is 12.2. The molecule has 0 fully saturated rings. The lowest BCUT2D eigenvalue weighted by Gasteiger charge is -2.14. The van der Waals surface area contributed by atoms with Crippen molar-refractivity contribution in [2.75, 3.05) is 42.3 Å². The Bertz CT molecular complexity index is 191. The summed E-state index contributed by atoms with van der Waals surface area (Å²) in [5.74, 6) is 0. The van der Waals surface area contributed by atoms with Crippen LogP contribution in [-0.4, -0.2) is 62.9 Å². The van der Waals surface area contributed by atoms with Crippen molar-refractivity contribution in [2.24, 2.45) is 0 Å². The normalized spacial score (nSPS) is 10.2. The first-order valence-electron chi connectivity index (χ1n) is 4.00. The number of nitrogens with zero attached hydrogens (tertiary/aromatic N) is 3. The minimum absolute atomic E-state index is 0. The molecule has 0 atom stereocenters. The van der Waals surface area contributed by atoms with Gasteiger partial charge in [-0.3, -0.25) is 0 Å². The van der Waals surface area contributed by atoms with E-state index in [1.54, 1.807) is 0 Å². The zero-order valence-electron chi connectivity index (χ0n) is 9.37. The molecule has 4 heteroatoms. The maximum atomic E-state index is 2.08. The van der Waals surface area contributed by atoms with Crippen LogP contribution in [0, 0.1) is 0 Å². The minimum atomic E-state index is 0. The molecule has 0 amide bonds. The van der Waals surface area contributed by atoms with E-state index in [4.69, 9.17) is 0 Å². The Hall–Kier alpha value is -0.700. The highest BCUT2D eigenvalue weighted by molar-refractivity contribution is 5.72. The van der Waals surface area contributed by atoms with Crippen molar-refractivity contribution in [1.82, 2.24) is 9.80 Å². The summed E-state index contributed by atoms with van der Waals surface area (Å²) in [6, 6.07) is 0. The molecular formula is C9H20ClN3. The molecule has 0 saturated carbocycles. The van der Waals surface area contributed by atoms with Crippen LogP contribution in [0.15, 0.2) is 11.9 Å². The maximum absolute atomic E-state index is 2.08. The highest BCUT2D eigenvalue weighted by Crippen LogP contribution is 1.94. The Balaban J connectivity index is 0. The summed E-state index contributed by atoms with van der Waals surface area (Å²) in [5.41, 5.74) is 1.19. The van der Waals surface area contributed by atoms with Crippen molar-refractivity contribution in [1.29, 1.82) is 0 Å². The number of allylic oxidation sites excluding steroid dienone is 1. The molecule has 0 aromatic rings. The first kappa shape index (κ1) is 14.8. The molecule has 0 unspecified atom stereocenters. The van der Waals surface area contributed by atoms with Gasteiger partial charge in [-0.1, -0.05) is 0 Å². The second-order valence-corrected chi connectivity index (χ2v) is 3.50. The molecule has 78 valence electrons. The van der Waals surface area contributed by atoms with Crippen molar-refractivity contribution in [3.8, 4) is 0 Å². The van der Waals surface area contributed by atoms with E-state index < -0.39 is 0 Å². The third-order valence-corrected chi connectivity index (χ3v) is 1.30. The van der Waals surface area contributed by atoms with Gasteiger partial charge in [-0.25, -0.2) is 4.58 Å². The highest BCUT2D eigenvalue weighted by Gasteiger charge is 2.00. The van der Waals surface area contributed by atoms with E-state index >= 15 is 0 Å². The molecule has 0 aliphatic rings. The summed E-state index contributed by atoms with van der Waals surface area (Å²) in [6.45, 7) is 0. The largest absolute Gasteiger partial charge is 1.00 e. The Morgan fingerprint density at radius 2 is 1.54 bits per heavy atom. The second kappa shape index (κ2) is 6.78. The molecule has 3 nitrogen and oxygen atoms in total. The van der Waals surface area contributed by atoms with Gasteiger partial charge in [0.05, 0.1) is 0 Å². The van der Waals surface area contributed by atoms with Gasteiger partial charge in [0.25, 0.3) is 0 Å². The molecule has 0 rings (SSSR count). The lowest BCUT2D eigenvalue weighted by atomic mass is 10.4. The van der Waals surface area contributed by atoms with E-state index in [0.717, 1.165) is 0 Å². The van der Waals surface area contributed by atoms with Crippen LogP contribution in [0.2, 0.25) is 0 Å². The van der Waals surface area contributed by atoms with Crippen LogP contribution < -0.4 is 12.4 Å². The first-order chi connectivity index (χ1) is 5.43. The van der Waals surface area contributed by atoms with Crippen molar-refractivity contribution >= 4 is 6.21 Å². The van der Waals surface area contributed by atoms with Gasteiger partial charge >= 0.3 is 0 Å². The Labute approximate surface area is 87.7 Å². The fourth-order valence-electron chi connectivity index (χ4n) is 0.793. The molecule has 0 aromatic heterocycles. The van der Waals surface area contributed by atoms with Gasteiger partial charge in [0.1, 0.15) is 19.8 Å². The molecule has 0 aliphatic heterocycles. The predicted octanol–water partition coefficient (Wildman–Crippen LogP) is -2.70. The number of hydrogen-bond donors (Lipinski definition) is 0. The van der Waals surface area contributed by atoms with Crippen LogP contribution in [0.5, 0.6) is 0 Å². The van der Waals surface area contributed by atoms with Gasteiger partial charge in [-0.2, -0.15) is 0 Å². The van der Waals surface area contributed by atoms with Crippen LogP contribution in [0.3, 0.4) is 0 Å². The zero-order valence-corrected chi connectivity index (χ0v) is 10.1. The zero-order chi connectivity index (χ0) is 9.72. The van der Waals surface area contributed by atoms with Gasteiger partial charge in [0.15, 0.2) is 6.21 Å². The van der Waals surface area contributed by atoms with E-state index in [9.17, 15) is 0 Å². The SMILES string of the molecule is CN(C)/C=C(/C=[N+](C)C)N(C)C.[Cl-]. The second-order valence-electron chi connectivity index (χ2n) is 3.50. The molecule has 0 spiro atoms. The average Bonchev–Trinajstić information content (AvgIpc) is 1.83. The first-order valence-corrected chi connectivity index (χ1v) is 4.00. The molecule has 0 saturated heterocycles. The summed E-state index contributed by atoms with van der Waals surface area (Å²) >= 11 is 0. The molecule has 0 radical (unpaired) electrons. The predicted molar refractivity (Wildman–Crippen MR) is 53.6 cm³/mol. The molecular weight excluding hydrogens is 186 g/mol. The van der Waals surface area contributed by atoms with Gasteiger partial charge in [0, 0.05) is 34.4 Å². The van der Waals surface area contributed by atoms with Gasteiger partial charge in [-0.05, 0) is 0 Å². The van der Waals surface area contributed by atoms with Crippen molar-refractivity contribution in [3.63, 3.8) is 0 Å². The lowest BCUT2D eigenvalue weighted by Crippen LogP contribution is -3.00. The van der Waals surface area contributed by atoms with Gasteiger partial charge in [0.2, 0.25) is 0 Å². The number of rotatable bonds is 3. The third kappa shape index (κ3) is 7.65. The maximum Gasteiger partial charge on any atom is 0.188 e. The standard InChI is InChI=1S/C9H20N3.ClH/c1-10(2)7-9(12(5)6)8-11(3)4;/h7-8H,1-6H3;1H/q+1;/p-1. The van der Waals surface area contributed by atoms with E-state index in [-0.39, 0.29) is 12.4 Å². The quantitative estimate of drug-likeness (QED) is 0.367. The van der Waals surface area contributed by atoms with Crippen LogP contribution in [-0.2, 0) is 0 Å². The Morgan fingerprint density at radius 1 is 1.08 bits per heavy atom. The van der Waals surface area contributed by atoms with Crippen LogP contribution >= 0.6 is 0 Å². The topological polar surface area (TPSA) is 9.49 Å². The van der Waals surface area contributed by atoms with Gasteiger partial charge < -0.3 is 22.2 Å². The molecule has 0 aromatic carbocycles. The smallest absolute Gasteiger partial charge is 0.188 e. The lowest BCUT2D eigenvalue weighted by molar-refractivity contribution is -0.459. The van der Waals surface area contributed by atoms with E-state index in [1.165, 1.54) is 5.70 Å². The Kier molecular flexibility index (Phi) is 7.72. The van der Waals surface area contributed by atoms with Crippen molar-refractivity contribution in [3.05, 3.63) is 11.9 Å². The van der Waals surface area contributed by atoms with Crippen LogP contribution in [0.25, 0.3) is 0 Å². The van der Waals surface area contributed by atoms with Crippen molar-refractivity contribution < 1.29 is 17.0 Å². The molecule has 13 heavy (non-hydrogen) atoms. The fraction of sp³-hybridized carbons (Fsp3) is 0.667. The van der Waals surface area contributed by atoms with E-state index in [0.29, 0.717) is 0 Å². The summed E-state index contributed by atoms with van der Waals surface area (Å²) in [6.07, 6.45) is 4.17. The fourth-order valence-corrected chi connectivity index (χ4v) is 0.793. The molecule has 0 bridgehead atoms.